The van der Waals surface area contributed by atoms with E-state index in [2.05, 4.69) is 4.98 Å². The van der Waals surface area contributed by atoms with E-state index in [4.69, 9.17) is 19.6 Å². The van der Waals surface area contributed by atoms with Crippen LogP contribution in [0.5, 0.6) is 0 Å². The number of ether oxygens (including phenoxy) is 1. The fourth-order valence-corrected chi connectivity index (χ4v) is 3.20. The Balaban J connectivity index is 0.000000239. The molecule has 2 aromatic heterocycles. The number of nitrogens with zero attached hydrogens (tertiary/aromatic N) is 1. The molecule has 0 spiro atoms. The molecular formula is C23H23B2F5N2O7. The Hall–Kier alpha value is -3.72. The van der Waals surface area contributed by atoms with E-state index < -0.39 is 44.2 Å². The number of fused-ring (bicyclic) bond motifs is 2. The van der Waals surface area contributed by atoms with Crippen LogP contribution >= 0.6 is 0 Å². The maximum absolute atomic E-state index is 13.7. The van der Waals surface area contributed by atoms with Crippen LogP contribution in [-0.4, -0.2) is 68.0 Å². The van der Waals surface area contributed by atoms with Crippen LogP contribution in [0.1, 0.15) is 20.8 Å². The highest BCUT2D eigenvalue weighted by Crippen LogP contribution is 2.20. The van der Waals surface area contributed by atoms with Crippen molar-refractivity contribution in [3.05, 3.63) is 60.2 Å². The lowest BCUT2D eigenvalue weighted by Gasteiger charge is -2.20. The van der Waals surface area contributed by atoms with Gasteiger partial charge in [0, 0.05) is 21.9 Å². The molecular weight excluding hydrogens is 533 g/mol. The molecule has 208 valence electrons. The van der Waals surface area contributed by atoms with Crippen LogP contribution in [0.15, 0.2) is 48.5 Å². The van der Waals surface area contributed by atoms with E-state index in [-0.39, 0.29) is 27.9 Å². The normalized spacial score (nSPS) is 11.3. The fraction of sp³-hybridized carbons (Fsp3) is 0.217. The zero-order valence-corrected chi connectivity index (χ0v) is 20.7. The molecule has 2 heterocycles. The second kappa shape index (κ2) is 12.4. The summed E-state index contributed by atoms with van der Waals surface area (Å²) in [7, 11) is -3.50. The van der Waals surface area contributed by atoms with Crippen LogP contribution in [0.4, 0.5) is 26.7 Å². The molecule has 0 saturated carbocycles. The number of H-pyrrole nitrogens is 1. The molecule has 0 aliphatic carbocycles. The standard InChI is InChI=1S/C13H15BFNO4.C8H7BFNO2.C2HF3O/c1-13(2,3)20-12(17)16-10-6-4-5-9(15)8(10)7-11(16)14(18)19;10-6-2-1-3-7-5(6)4-8(11-7)9(12)13;3-2(4,5)1-6/h4-7,18-19H,1-3H3;1-4,11-13H;1H. The molecule has 0 aliphatic rings. The zero-order chi connectivity index (χ0) is 29.7. The second-order valence-corrected chi connectivity index (χ2v) is 8.89. The average molecular weight is 556 g/mol. The van der Waals surface area contributed by atoms with Crippen LogP contribution in [-0.2, 0) is 9.53 Å². The van der Waals surface area contributed by atoms with Gasteiger partial charge in [-0.15, -0.1) is 0 Å². The number of alkyl halides is 3. The van der Waals surface area contributed by atoms with Crippen molar-refractivity contribution >= 4 is 59.6 Å². The summed E-state index contributed by atoms with van der Waals surface area (Å²) in [4.78, 5) is 23.6. The fourth-order valence-electron chi connectivity index (χ4n) is 3.20. The number of carbonyl (C=O) groups excluding carboxylic acids is 2. The van der Waals surface area contributed by atoms with Crippen LogP contribution in [0.3, 0.4) is 0 Å². The van der Waals surface area contributed by atoms with Crippen molar-refractivity contribution in [2.45, 2.75) is 32.5 Å². The minimum atomic E-state index is -4.64. The molecule has 39 heavy (non-hydrogen) atoms. The van der Waals surface area contributed by atoms with Gasteiger partial charge in [-0.1, -0.05) is 12.1 Å². The van der Waals surface area contributed by atoms with Gasteiger partial charge in [-0.2, -0.15) is 13.2 Å². The summed E-state index contributed by atoms with van der Waals surface area (Å²) >= 11 is 0. The summed E-state index contributed by atoms with van der Waals surface area (Å²) in [5.41, 5.74) is 0.0866. The van der Waals surface area contributed by atoms with E-state index in [0.29, 0.717) is 10.9 Å². The summed E-state index contributed by atoms with van der Waals surface area (Å²) in [5.74, 6) is -0.924. The van der Waals surface area contributed by atoms with E-state index in [9.17, 15) is 36.8 Å². The van der Waals surface area contributed by atoms with Gasteiger partial charge in [-0.25, -0.2) is 13.6 Å². The molecule has 4 aromatic rings. The average Bonchev–Trinajstić information content (AvgIpc) is 3.42. The Morgan fingerprint density at radius 3 is 1.92 bits per heavy atom. The first-order valence-corrected chi connectivity index (χ1v) is 11.0. The topological polar surface area (TPSA) is 145 Å². The number of nitrogens with one attached hydrogen (secondary N) is 1. The highest BCUT2D eigenvalue weighted by Gasteiger charge is 2.28. The Morgan fingerprint density at radius 1 is 0.923 bits per heavy atom. The third-order valence-corrected chi connectivity index (χ3v) is 4.71. The first-order valence-electron chi connectivity index (χ1n) is 11.0. The first-order chi connectivity index (χ1) is 17.9. The number of benzene rings is 2. The van der Waals surface area contributed by atoms with E-state index in [1.54, 1.807) is 32.9 Å². The molecule has 0 fully saturated rings. The number of hydrogen-bond donors (Lipinski definition) is 5. The third kappa shape index (κ3) is 8.64. The number of aromatic nitrogens is 2. The van der Waals surface area contributed by atoms with Crippen molar-refractivity contribution in [1.82, 2.24) is 9.55 Å². The highest BCUT2D eigenvalue weighted by atomic mass is 19.4. The molecule has 0 amide bonds. The Kier molecular flexibility index (Phi) is 10.0. The molecule has 4 rings (SSSR count). The van der Waals surface area contributed by atoms with Crippen LogP contribution < -0.4 is 11.2 Å². The monoisotopic (exact) mass is 556 g/mol. The predicted octanol–water partition coefficient (Wildman–Crippen LogP) is 1.98. The summed E-state index contributed by atoms with van der Waals surface area (Å²) in [6.07, 6.45) is -6.49. The number of rotatable bonds is 2. The summed E-state index contributed by atoms with van der Waals surface area (Å²) in [6, 6.07) is 11.3. The number of aldehydes is 1. The number of hydrogen-bond acceptors (Lipinski definition) is 7. The van der Waals surface area contributed by atoms with Gasteiger partial charge in [0.2, 0.25) is 6.29 Å². The first kappa shape index (κ1) is 31.5. The van der Waals surface area contributed by atoms with Gasteiger partial charge in [0.25, 0.3) is 0 Å². The number of aromatic amines is 1. The Labute approximate surface area is 218 Å². The molecule has 0 saturated heterocycles. The third-order valence-electron chi connectivity index (χ3n) is 4.71. The highest BCUT2D eigenvalue weighted by molar-refractivity contribution is 6.59. The van der Waals surface area contributed by atoms with Crippen molar-refractivity contribution in [2.75, 3.05) is 0 Å². The number of carbonyl (C=O) groups is 2. The van der Waals surface area contributed by atoms with E-state index in [0.717, 1.165) is 4.57 Å². The molecule has 0 unspecified atom stereocenters. The SMILES string of the molecule is CC(C)(C)OC(=O)n1c(B(O)O)cc2c(F)cccc21.O=CC(F)(F)F.OB(O)c1cc2c(F)cccc2[nH]1. The lowest BCUT2D eigenvalue weighted by molar-refractivity contribution is -0.156. The summed E-state index contributed by atoms with van der Waals surface area (Å²) in [5, 5.41) is 36.8. The van der Waals surface area contributed by atoms with Gasteiger partial charge >= 0.3 is 26.5 Å². The Morgan fingerprint density at radius 2 is 1.46 bits per heavy atom. The van der Waals surface area contributed by atoms with E-state index >= 15 is 0 Å². The molecule has 2 aromatic carbocycles. The molecule has 0 bridgehead atoms. The largest absolute Gasteiger partial charge is 0.506 e. The van der Waals surface area contributed by atoms with Crippen molar-refractivity contribution < 1.29 is 56.4 Å². The van der Waals surface area contributed by atoms with Gasteiger partial charge < -0.3 is 29.8 Å². The van der Waals surface area contributed by atoms with Crippen LogP contribution in [0.25, 0.3) is 21.8 Å². The molecule has 0 radical (unpaired) electrons. The maximum Gasteiger partial charge on any atom is 0.506 e. The van der Waals surface area contributed by atoms with Crippen molar-refractivity contribution in [3.8, 4) is 0 Å². The lowest BCUT2D eigenvalue weighted by atomic mass is 9.86. The van der Waals surface area contributed by atoms with E-state index in [1.807, 2.05) is 0 Å². The Bertz CT molecular complexity index is 1450. The van der Waals surface area contributed by atoms with Gasteiger partial charge in [-0.05, 0) is 57.2 Å². The van der Waals surface area contributed by atoms with Crippen molar-refractivity contribution in [2.24, 2.45) is 0 Å². The summed E-state index contributed by atoms with van der Waals surface area (Å²) in [6.45, 7) is 5.06. The smallest absolute Gasteiger partial charge is 0.443 e. The van der Waals surface area contributed by atoms with Crippen LogP contribution in [0, 0.1) is 11.6 Å². The predicted molar refractivity (Wildman–Crippen MR) is 134 cm³/mol. The van der Waals surface area contributed by atoms with Crippen LogP contribution in [0.2, 0.25) is 0 Å². The quantitative estimate of drug-likeness (QED) is 0.144. The number of halogens is 5. The zero-order valence-electron chi connectivity index (χ0n) is 20.7. The molecule has 0 aliphatic heterocycles. The molecule has 16 heteroatoms. The maximum atomic E-state index is 13.7. The summed E-state index contributed by atoms with van der Waals surface area (Å²) < 4.78 is 64.2. The van der Waals surface area contributed by atoms with Crippen molar-refractivity contribution in [3.63, 3.8) is 0 Å². The van der Waals surface area contributed by atoms with Gasteiger partial charge in [0.1, 0.15) is 17.2 Å². The van der Waals surface area contributed by atoms with Gasteiger partial charge in [0.05, 0.1) is 11.1 Å². The van der Waals surface area contributed by atoms with Gasteiger partial charge in [-0.3, -0.25) is 9.36 Å². The lowest BCUT2D eigenvalue weighted by Crippen LogP contribution is -2.40. The molecule has 0 atom stereocenters. The minimum Gasteiger partial charge on any atom is -0.443 e. The second-order valence-electron chi connectivity index (χ2n) is 8.89. The van der Waals surface area contributed by atoms with Crippen molar-refractivity contribution in [1.29, 1.82) is 0 Å². The molecule has 9 nitrogen and oxygen atoms in total. The van der Waals surface area contributed by atoms with Gasteiger partial charge in [0.15, 0.2) is 0 Å². The minimum absolute atomic E-state index is 0.126. The van der Waals surface area contributed by atoms with E-state index in [1.165, 1.54) is 36.4 Å². The molecule has 5 N–H and O–H groups in total.